The summed E-state index contributed by atoms with van der Waals surface area (Å²) < 4.78 is 0. The van der Waals surface area contributed by atoms with Crippen molar-refractivity contribution in [3.63, 3.8) is 0 Å². The lowest BCUT2D eigenvalue weighted by molar-refractivity contribution is -0.131. The molecular weight excluding hydrogens is 306 g/mol. The summed E-state index contributed by atoms with van der Waals surface area (Å²) in [5, 5.41) is 4.72. The van der Waals surface area contributed by atoms with Crippen LogP contribution in [0.2, 0.25) is 0 Å². The molecule has 0 aliphatic carbocycles. The molecule has 4 amide bonds. The zero-order chi connectivity index (χ0) is 16.9. The van der Waals surface area contributed by atoms with E-state index >= 15 is 0 Å². The molecule has 2 heterocycles. The van der Waals surface area contributed by atoms with E-state index in [4.69, 9.17) is 0 Å². The van der Waals surface area contributed by atoms with Gasteiger partial charge in [-0.25, -0.2) is 4.79 Å². The minimum Gasteiger partial charge on any atom is -0.343 e. The molecule has 0 bridgehead atoms. The summed E-state index contributed by atoms with van der Waals surface area (Å²) >= 11 is 0. The Labute approximate surface area is 141 Å². The van der Waals surface area contributed by atoms with Gasteiger partial charge in [0.1, 0.15) is 6.04 Å². The van der Waals surface area contributed by atoms with E-state index in [1.807, 2.05) is 11.0 Å². The van der Waals surface area contributed by atoms with E-state index in [9.17, 15) is 14.4 Å². The van der Waals surface area contributed by atoms with Crippen molar-refractivity contribution in [1.82, 2.24) is 15.5 Å². The van der Waals surface area contributed by atoms with Gasteiger partial charge in [-0.05, 0) is 37.2 Å². The standard InChI is InChI=1S/C18H23N3O3/c22-16(9-8-15-17(23)20-18(24)19-15)21-11-4-7-14(10-12-21)13-5-2-1-3-6-13/h1-3,5-6,14-15H,4,7-12H2,(H2,19,20,23,24). The SMILES string of the molecule is O=C1NC(=O)C(CCC(=O)N2CCCC(c3ccccc3)CC2)N1. The summed E-state index contributed by atoms with van der Waals surface area (Å²) in [4.78, 5) is 36.9. The second-order valence-corrected chi connectivity index (χ2v) is 6.47. The molecule has 2 atom stereocenters. The van der Waals surface area contributed by atoms with E-state index in [1.165, 1.54) is 5.56 Å². The van der Waals surface area contributed by atoms with E-state index < -0.39 is 12.1 Å². The third-order valence-corrected chi connectivity index (χ3v) is 4.86. The first-order valence-electron chi connectivity index (χ1n) is 8.57. The van der Waals surface area contributed by atoms with Crippen molar-refractivity contribution in [2.24, 2.45) is 0 Å². The van der Waals surface area contributed by atoms with Crippen LogP contribution in [0, 0.1) is 0 Å². The lowest BCUT2D eigenvalue weighted by atomic mass is 9.92. The van der Waals surface area contributed by atoms with Crippen molar-refractivity contribution >= 4 is 17.8 Å². The van der Waals surface area contributed by atoms with Crippen molar-refractivity contribution in [3.8, 4) is 0 Å². The number of carbonyl (C=O) groups excluding carboxylic acids is 3. The molecule has 0 spiro atoms. The Morgan fingerprint density at radius 1 is 1.12 bits per heavy atom. The quantitative estimate of drug-likeness (QED) is 0.826. The molecule has 24 heavy (non-hydrogen) atoms. The Morgan fingerprint density at radius 3 is 2.62 bits per heavy atom. The van der Waals surface area contributed by atoms with Gasteiger partial charge in [0.15, 0.2) is 0 Å². The maximum absolute atomic E-state index is 12.4. The van der Waals surface area contributed by atoms with Crippen molar-refractivity contribution < 1.29 is 14.4 Å². The Kier molecular flexibility index (Phi) is 5.13. The van der Waals surface area contributed by atoms with Crippen LogP contribution in [0.15, 0.2) is 30.3 Å². The second-order valence-electron chi connectivity index (χ2n) is 6.47. The van der Waals surface area contributed by atoms with Gasteiger partial charge in [0, 0.05) is 19.5 Å². The third kappa shape index (κ3) is 3.93. The Balaban J connectivity index is 1.49. The van der Waals surface area contributed by atoms with E-state index in [2.05, 4.69) is 34.9 Å². The number of hydrogen-bond acceptors (Lipinski definition) is 3. The van der Waals surface area contributed by atoms with Crippen LogP contribution in [0.4, 0.5) is 4.79 Å². The first-order valence-corrected chi connectivity index (χ1v) is 8.57. The van der Waals surface area contributed by atoms with Gasteiger partial charge in [-0.2, -0.15) is 0 Å². The predicted octanol–water partition coefficient (Wildman–Crippen LogP) is 1.77. The molecule has 2 saturated heterocycles. The molecule has 1 aromatic rings. The van der Waals surface area contributed by atoms with Crippen molar-refractivity contribution in [2.75, 3.05) is 13.1 Å². The Morgan fingerprint density at radius 2 is 1.92 bits per heavy atom. The van der Waals surface area contributed by atoms with Crippen molar-refractivity contribution in [1.29, 1.82) is 0 Å². The van der Waals surface area contributed by atoms with Gasteiger partial charge >= 0.3 is 6.03 Å². The molecule has 6 nitrogen and oxygen atoms in total. The maximum Gasteiger partial charge on any atom is 0.322 e. The summed E-state index contributed by atoms with van der Waals surface area (Å²) in [6, 6.07) is 9.40. The summed E-state index contributed by atoms with van der Waals surface area (Å²) in [7, 11) is 0. The lowest BCUT2D eigenvalue weighted by Crippen LogP contribution is -2.35. The van der Waals surface area contributed by atoms with Gasteiger partial charge in [0.25, 0.3) is 5.91 Å². The summed E-state index contributed by atoms with van der Waals surface area (Å²) in [5.41, 5.74) is 1.34. The fourth-order valence-corrected chi connectivity index (χ4v) is 3.49. The van der Waals surface area contributed by atoms with Gasteiger partial charge < -0.3 is 10.2 Å². The maximum atomic E-state index is 12.4. The van der Waals surface area contributed by atoms with E-state index in [0.717, 1.165) is 32.4 Å². The second kappa shape index (κ2) is 7.47. The zero-order valence-electron chi connectivity index (χ0n) is 13.7. The van der Waals surface area contributed by atoms with Gasteiger partial charge in [0.05, 0.1) is 0 Å². The molecule has 3 rings (SSSR count). The minimum absolute atomic E-state index is 0.0673. The number of imide groups is 1. The van der Waals surface area contributed by atoms with Crippen LogP contribution in [0.5, 0.6) is 0 Å². The highest BCUT2D eigenvalue weighted by Gasteiger charge is 2.30. The van der Waals surface area contributed by atoms with Crippen molar-refractivity contribution in [2.45, 2.75) is 44.1 Å². The third-order valence-electron chi connectivity index (χ3n) is 4.86. The topological polar surface area (TPSA) is 78.5 Å². The van der Waals surface area contributed by atoms with Crippen LogP contribution in [-0.4, -0.2) is 41.9 Å². The molecule has 0 radical (unpaired) electrons. The van der Waals surface area contributed by atoms with Crippen LogP contribution in [-0.2, 0) is 9.59 Å². The van der Waals surface area contributed by atoms with Crippen molar-refractivity contribution in [3.05, 3.63) is 35.9 Å². The number of amides is 4. The molecular formula is C18H23N3O3. The van der Waals surface area contributed by atoms with Crippen LogP contribution in [0.25, 0.3) is 0 Å². The van der Waals surface area contributed by atoms with Gasteiger partial charge in [-0.1, -0.05) is 30.3 Å². The lowest BCUT2D eigenvalue weighted by Gasteiger charge is -2.21. The Hall–Kier alpha value is -2.37. The first kappa shape index (κ1) is 16.5. The Bertz CT molecular complexity index is 617. The minimum atomic E-state index is -0.578. The summed E-state index contributed by atoms with van der Waals surface area (Å²) in [6.07, 6.45) is 3.70. The molecule has 128 valence electrons. The van der Waals surface area contributed by atoms with Crippen LogP contribution in [0.1, 0.15) is 43.6 Å². The van der Waals surface area contributed by atoms with Crippen LogP contribution < -0.4 is 10.6 Å². The molecule has 2 N–H and O–H groups in total. The fraction of sp³-hybridized carbons (Fsp3) is 0.500. The van der Waals surface area contributed by atoms with E-state index in [1.54, 1.807) is 0 Å². The average molecular weight is 329 g/mol. The molecule has 2 unspecified atom stereocenters. The number of benzene rings is 1. The molecule has 6 heteroatoms. The highest BCUT2D eigenvalue weighted by atomic mass is 16.2. The molecule has 0 saturated carbocycles. The number of urea groups is 1. The summed E-state index contributed by atoms with van der Waals surface area (Å²) in [6.45, 7) is 1.52. The molecule has 2 aliphatic heterocycles. The van der Waals surface area contributed by atoms with Crippen LogP contribution in [0.3, 0.4) is 0 Å². The normalized spacial score (nSPS) is 24.2. The smallest absolute Gasteiger partial charge is 0.322 e. The molecule has 0 aromatic heterocycles. The molecule has 2 fully saturated rings. The van der Waals surface area contributed by atoms with Gasteiger partial charge in [-0.3, -0.25) is 14.9 Å². The summed E-state index contributed by atoms with van der Waals surface area (Å²) in [5.74, 6) is 0.231. The fourth-order valence-electron chi connectivity index (χ4n) is 3.49. The highest BCUT2D eigenvalue weighted by molar-refractivity contribution is 6.04. The highest BCUT2D eigenvalue weighted by Crippen LogP contribution is 2.28. The predicted molar refractivity (Wildman–Crippen MR) is 89.3 cm³/mol. The van der Waals surface area contributed by atoms with Crippen LogP contribution >= 0.6 is 0 Å². The zero-order valence-corrected chi connectivity index (χ0v) is 13.7. The number of hydrogen-bond donors (Lipinski definition) is 2. The number of nitrogens with zero attached hydrogens (tertiary/aromatic N) is 1. The largest absolute Gasteiger partial charge is 0.343 e. The first-order chi connectivity index (χ1) is 11.6. The molecule has 2 aliphatic rings. The van der Waals surface area contributed by atoms with E-state index in [-0.39, 0.29) is 18.2 Å². The number of nitrogens with one attached hydrogen (secondary N) is 2. The number of rotatable bonds is 4. The van der Waals surface area contributed by atoms with E-state index in [0.29, 0.717) is 12.3 Å². The average Bonchev–Trinajstić information content (AvgIpc) is 2.79. The molecule has 1 aromatic carbocycles. The van der Waals surface area contributed by atoms with Gasteiger partial charge in [-0.15, -0.1) is 0 Å². The monoisotopic (exact) mass is 329 g/mol. The number of carbonyl (C=O) groups is 3. The number of likely N-dealkylation sites (tertiary alicyclic amines) is 1. The van der Waals surface area contributed by atoms with Gasteiger partial charge in [0.2, 0.25) is 5.91 Å².